The highest BCUT2D eigenvalue weighted by molar-refractivity contribution is 5.68. The van der Waals surface area contributed by atoms with Crippen LogP contribution in [0, 0.1) is 20.8 Å². The first-order valence-corrected chi connectivity index (χ1v) is 12.9. The van der Waals surface area contributed by atoms with Gasteiger partial charge in [0.1, 0.15) is 5.60 Å². The molecule has 5 nitrogen and oxygen atoms in total. The Kier molecular flexibility index (Phi) is 7.67. The number of benzene rings is 2. The predicted molar refractivity (Wildman–Crippen MR) is 147 cm³/mol. The van der Waals surface area contributed by atoms with Gasteiger partial charge in [-0.1, -0.05) is 18.2 Å². The summed E-state index contributed by atoms with van der Waals surface area (Å²) in [5, 5.41) is 0. The second-order valence-corrected chi connectivity index (χ2v) is 10.9. The van der Waals surface area contributed by atoms with Gasteiger partial charge in [-0.05, 0) is 113 Å². The smallest absolute Gasteiger partial charge is 0.410 e. The van der Waals surface area contributed by atoms with Crippen molar-refractivity contribution in [1.82, 2.24) is 9.88 Å². The molecule has 0 atom stereocenters. The number of amides is 1. The van der Waals surface area contributed by atoms with Crippen LogP contribution in [0.25, 0.3) is 11.3 Å². The van der Waals surface area contributed by atoms with Gasteiger partial charge in [0.2, 0.25) is 0 Å². The maximum atomic E-state index is 12.6. The summed E-state index contributed by atoms with van der Waals surface area (Å²) in [7, 11) is 0. The van der Waals surface area contributed by atoms with Crippen LogP contribution in [0.5, 0.6) is 0 Å². The Morgan fingerprint density at radius 2 is 1.64 bits per heavy atom. The van der Waals surface area contributed by atoms with Crippen LogP contribution in [0.15, 0.2) is 60.8 Å². The van der Waals surface area contributed by atoms with Gasteiger partial charge in [-0.3, -0.25) is 4.98 Å². The van der Waals surface area contributed by atoms with Crippen molar-refractivity contribution in [3.8, 4) is 11.3 Å². The van der Waals surface area contributed by atoms with E-state index in [-0.39, 0.29) is 6.09 Å². The van der Waals surface area contributed by atoms with Gasteiger partial charge in [0, 0.05) is 43.1 Å². The first kappa shape index (κ1) is 25.7. The number of carbonyl (C=O) groups is 1. The summed E-state index contributed by atoms with van der Waals surface area (Å²) in [4.78, 5) is 21.6. The number of rotatable bonds is 5. The van der Waals surface area contributed by atoms with Gasteiger partial charge < -0.3 is 14.5 Å². The Morgan fingerprint density at radius 1 is 1.00 bits per heavy atom. The Labute approximate surface area is 216 Å². The Hall–Kier alpha value is -3.34. The minimum atomic E-state index is -0.475. The van der Waals surface area contributed by atoms with Crippen LogP contribution in [-0.4, -0.2) is 40.7 Å². The molecule has 0 N–H and O–H groups in total. The third kappa shape index (κ3) is 6.26. The molecule has 0 spiro atoms. The van der Waals surface area contributed by atoms with E-state index >= 15 is 0 Å². The molecule has 1 amide bonds. The summed E-state index contributed by atoms with van der Waals surface area (Å²) >= 11 is 0. The van der Waals surface area contributed by atoms with Crippen molar-refractivity contribution in [2.75, 3.05) is 18.0 Å². The van der Waals surface area contributed by atoms with Crippen LogP contribution in [0.4, 0.5) is 10.5 Å². The Bertz CT molecular complexity index is 1170. The summed E-state index contributed by atoms with van der Waals surface area (Å²) in [5.74, 6) is 0. The molecule has 0 aliphatic carbocycles. The zero-order chi connectivity index (χ0) is 25.9. The number of carbonyl (C=O) groups excluding carboxylic acids is 1. The fourth-order valence-corrected chi connectivity index (χ4v) is 4.85. The largest absolute Gasteiger partial charge is 0.444 e. The highest BCUT2D eigenvalue weighted by Gasteiger charge is 2.30. The van der Waals surface area contributed by atoms with E-state index in [1.54, 1.807) is 0 Å². The maximum Gasteiger partial charge on any atom is 0.410 e. The number of aryl methyl sites for hydroxylation is 2. The van der Waals surface area contributed by atoms with Gasteiger partial charge in [0.15, 0.2) is 0 Å². The molecule has 36 heavy (non-hydrogen) atoms. The van der Waals surface area contributed by atoms with Crippen LogP contribution >= 0.6 is 0 Å². The second-order valence-electron chi connectivity index (χ2n) is 10.9. The number of hydrogen-bond acceptors (Lipinski definition) is 4. The molecule has 0 radical (unpaired) electrons. The number of para-hydroxylation sites is 1. The van der Waals surface area contributed by atoms with Gasteiger partial charge in [0.05, 0.1) is 5.69 Å². The Morgan fingerprint density at radius 3 is 2.25 bits per heavy atom. The highest BCUT2D eigenvalue weighted by atomic mass is 16.6. The van der Waals surface area contributed by atoms with E-state index in [4.69, 9.17) is 9.72 Å². The predicted octanol–water partition coefficient (Wildman–Crippen LogP) is 7.08. The average Bonchev–Trinajstić information content (AvgIpc) is 2.85. The molecule has 2 aromatic carbocycles. The van der Waals surface area contributed by atoms with E-state index in [0.29, 0.717) is 19.1 Å². The third-order valence-corrected chi connectivity index (χ3v) is 7.04. The monoisotopic (exact) mass is 485 g/mol. The van der Waals surface area contributed by atoms with Crippen molar-refractivity contribution in [3.05, 3.63) is 83.0 Å². The molecule has 1 aliphatic heterocycles. The van der Waals surface area contributed by atoms with Crippen LogP contribution in [0.3, 0.4) is 0 Å². The summed E-state index contributed by atoms with van der Waals surface area (Å²) in [6.07, 6.45) is 3.52. The summed E-state index contributed by atoms with van der Waals surface area (Å²) in [6.45, 7) is 14.4. The van der Waals surface area contributed by atoms with Gasteiger partial charge in [0.25, 0.3) is 0 Å². The fraction of sp³-hybridized carbons (Fsp3) is 0.419. The molecule has 2 heterocycles. The fourth-order valence-electron chi connectivity index (χ4n) is 4.85. The lowest BCUT2D eigenvalue weighted by atomic mass is 9.98. The molecule has 4 rings (SSSR count). The number of aromatic nitrogens is 1. The van der Waals surface area contributed by atoms with Gasteiger partial charge in [-0.2, -0.15) is 0 Å². The Balaban J connectivity index is 1.54. The first-order valence-electron chi connectivity index (χ1n) is 12.9. The normalized spacial score (nSPS) is 14.6. The van der Waals surface area contributed by atoms with Crippen LogP contribution in [0.2, 0.25) is 0 Å². The third-order valence-electron chi connectivity index (χ3n) is 7.04. The van der Waals surface area contributed by atoms with Crippen LogP contribution in [-0.2, 0) is 11.3 Å². The molecule has 5 heteroatoms. The lowest BCUT2D eigenvalue weighted by Crippen LogP contribution is -2.48. The zero-order valence-electron chi connectivity index (χ0n) is 22.5. The van der Waals surface area contributed by atoms with E-state index in [1.807, 2.05) is 31.9 Å². The lowest BCUT2D eigenvalue weighted by molar-refractivity contribution is 0.0204. The summed E-state index contributed by atoms with van der Waals surface area (Å²) in [5.41, 5.74) is 8.05. The molecule has 1 saturated heterocycles. The average molecular weight is 486 g/mol. The maximum absolute atomic E-state index is 12.6. The molecule has 190 valence electrons. The number of hydrogen-bond donors (Lipinski definition) is 0. The number of nitrogens with zero attached hydrogens (tertiary/aromatic N) is 3. The van der Waals surface area contributed by atoms with Crippen LogP contribution < -0.4 is 4.90 Å². The minimum Gasteiger partial charge on any atom is -0.444 e. The van der Waals surface area contributed by atoms with Gasteiger partial charge in [-0.25, -0.2) is 4.79 Å². The van der Waals surface area contributed by atoms with Gasteiger partial charge >= 0.3 is 6.09 Å². The number of piperidine rings is 1. The summed E-state index contributed by atoms with van der Waals surface area (Å²) in [6, 6.07) is 19.7. The number of ether oxygens (including phenoxy) is 1. The van der Waals surface area contributed by atoms with Crippen molar-refractivity contribution in [3.63, 3.8) is 0 Å². The molecule has 0 saturated carbocycles. The molecule has 1 aliphatic rings. The zero-order valence-corrected chi connectivity index (χ0v) is 22.5. The number of likely N-dealkylation sites (tertiary alicyclic amines) is 1. The molecule has 0 bridgehead atoms. The number of pyridine rings is 1. The quantitative estimate of drug-likeness (QED) is 0.387. The van der Waals surface area contributed by atoms with Crippen molar-refractivity contribution in [2.45, 2.75) is 72.6 Å². The molecule has 1 aromatic heterocycles. The van der Waals surface area contributed by atoms with Crippen molar-refractivity contribution in [1.29, 1.82) is 0 Å². The van der Waals surface area contributed by atoms with E-state index in [9.17, 15) is 4.79 Å². The van der Waals surface area contributed by atoms with E-state index in [0.717, 1.165) is 30.6 Å². The minimum absolute atomic E-state index is 0.213. The number of anilines is 1. The summed E-state index contributed by atoms with van der Waals surface area (Å²) < 4.78 is 5.60. The van der Waals surface area contributed by atoms with Crippen molar-refractivity contribution < 1.29 is 9.53 Å². The highest BCUT2D eigenvalue weighted by Crippen LogP contribution is 2.28. The SMILES string of the molecule is Cc1cc(-c2cc(CN(c3ccccc3)C3CCN(C(=O)OC(C)(C)C)CC3)ccn2)cc(C)c1C. The molecule has 1 fully saturated rings. The lowest BCUT2D eigenvalue weighted by Gasteiger charge is -2.40. The molecule has 3 aromatic rings. The van der Waals surface area contributed by atoms with E-state index in [1.165, 1.54) is 27.9 Å². The second kappa shape index (κ2) is 10.7. The van der Waals surface area contributed by atoms with E-state index < -0.39 is 5.60 Å². The van der Waals surface area contributed by atoms with Crippen LogP contribution in [0.1, 0.15) is 55.9 Å². The molecule has 0 unspecified atom stereocenters. The van der Waals surface area contributed by atoms with E-state index in [2.05, 4.69) is 80.3 Å². The topological polar surface area (TPSA) is 45.7 Å². The molecular formula is C31H39N3O2. The van der Waals surface area contributed by atoms with Crippen molar-refractivity contribution >= 4 is 11.8 Å². The first-order chi connectivity index (χ1) is 17.1. The standard InChI is InChI=1S/C31H39N3O2/c1-22-18-26(19-23(2)24(22)3)29-20-25(12-15-32-29)21-34(27-10-8-7-9-11-27)28-13-16-33(17-14-28)30(35)36-31(4,5)6/h7-12,15,18-20,28H,13-14,16-17,21H2,1-6H3. The van der Waals surface area contributed by atoms with Crippen molar-refractivity contribution in [2.24, 2.45) is 0 Å². The molecular weight excluding hydrogens is 446 g/mol. The van der Waals surface area contributed by atoms with Gasteiger partial charge in [-0.15, -0.1) is 0 Å².